The number of methoxy groups -OCH3 is 1. The largest absolute Gasteiger partial charge is 0.383 e. The number of hydrogen-bond donors (Lipinski definition) is 2. The summed E-state index contributed by atoms with van der Waals surface area (Å²) in [5, 5.41) is 7.19. The Kier molecular flexibility index (Phi) is 7.75. The van der Waals surface area contributed by atoms with Crippen LogP contribution in [0.25, 0.3) is 0 Å². The van der Waals surface area contributed by atoms with Gasteiger partial charge in [0.1, 0.15) is 0 Å². The van der Waals surface area contributed by atoms with E-state index in [1.165, 1.54) is 19.3 Å². The molecule has 1 aliphatic rings. The van der Waals surface area contributed by atoms with Crippen LogP contribution in [0.1, 0.15) is 64.0 Å². The molecule has 0 bridgehead atoms. The van der Waals surface area contributed by atoms with Gasteiger partial charge < -0.3 is 15.8 Å². The number of anilines is 1. The summed E-state index contributed by atoms with van der Waals surface area (Å²) in [6, 6.07) is 1.89. The van der Waals surface area contributed by atoms with E-state index < -0.39 is 5.91 Å². The molecule has 3 heterocycles. The van der Waals surface area contributed by atoms with E-state index in [9.17, 15) is 9.59 Å². The van der Waals surface area contributed by atoms with E-state index in [1.807, 2.05) is 19.2 Å². The van der Waals surface area contributed by atoms with Gasteiger partial charge in [0.05, 0.1) is 30.1 Å². The Labute approximate surface area is 183 Å². The normalized spacial score (nSPS) is 14.5. The maximum Gasteiger partial charge on any atom is 0.271 e. The lowest BCUT2D eigenvalue weighted by Gasteiger charge is -2.26. The SMILES string of the molecule is CCc1c(NC(=O)c2cc(CN3CCCCC3)cnc2C)c(C(N)=O)nn1CCOC. The molecule has 2 aromatic rings. The molecule has 2 amide bonds. The topological polar surface area (TPSA) is 115 Å². The third-order valence-electron chi connectivity index (χ3n) is 5.61. The molecule has 1 fully saturated rings. The zero-order chi connectivity index (χ0) is 22.4. The van der Waals surface area contributed by atoms with E-state index in [-0.39, 0.29) is 11.6 Å². The first-order valence-corrected chi connectivity index (χ1v) is 10.8. The summed E-state index contributed by atoms with van der Waals surface area (Å²) in [5.74, 6) is -1.01. The molecule has 1 aliphatic heterocycles. The number of nitrogens with one attached hydrogen (secondary N) is 1. The van der Waals surface area contributed by atoms with Crippen LogP contribution in [-0.4, -0.2) is 58.3 Å². The van der Waals surface area contributed by atoms with Crippen LogP contribution in [-0.2, 0) is 24.2 Å². The maximum absolute atomic E-state index is 13.2. The summed E-state index contributed by atoms with van der Waals surface area (Å²) in [6.07, 6.45) is 6.09. The lowest BCUT2D eigenvalue weighted by molar-refractivity contribution is 0.0995. The van der Waals surface area contributed by atoms with Crippen molar-refractivity contribution in [3.8, 4) is 0 Å². The summed E-state index contributed by atoms with van der Waals surface area (Å²) in [4.78, 5) is 32.0. The molecule has 0 radical (unpaired) electrons. The number of nitrogens with two attached hydrogens (primary N) is 1. The Balaban J connectivity index is 1.85. The smallest absolute Gasteiger partial charge is 0.271 e. The number of nitrogens with zero attached hydrogens (tertiary/aromatic N) is 4. The lowest BCUT2D eigenvalue weighted by atomic mass is 10.1. The molecule has 0 atom stereocenters. The van der Waals surface area contributed by atoms with E-state index in [2.05, 4.69) is 20.3 Å². The number of aryl methyl sites for hydroxylation is 1. The molecule has 0 aliphatic carbocycles. The monoisotopic (exact) mass is 428 g/mol. The van der Waals surface area contributed by atoms with Crippen molar-refractivity contribution >= 4 is 17.5 Å². The second-order valence-electron chi connectivity index (χ2n) is 7.87. The van der Waals surface area contributed by atoms with Gasteiger partial charge in [0.15, 0.2) is 5.69 Å². The van der Waals surface area contributed by atoms with Crippen LogP contribution in [0, 0.1) is 6.92 Å². The predicted molar refractivity (Wildman–Crippen MR) is 118 cm³/mol. The number of aromatic nitrogens is 3. The highest BCUT2D eigenvalue weighted by Crippen LogP contribution is 2.23. The van der Waals surface area contributed by atoms with Crippen molar-refractivity contribution < 1.29 is 14.3 Å². The average Bonchev–Trinajstić information content (AvgIpc) is 3.11. The zero-order valence-corrected chi connectivity index (χ0v) is 18.6. The molecule has 0 saturated carbocycles. The first-order valence-electron chi connectivity index (χ1n) is 10.8. The molecule has 3 N–H and O–H groups in total. The van der Waals surface area contributed by atoms with Crippen LogP contribution in [0.5, 0.6) is 0 Å². The van der Waals surface area contributed by atoms with Gasteiger partial charge in [-0.25, -0.2) is 0 Å². The standard InChI is InChI=1S/C22H32N6O3/c1-4-18-19(20(21(23)29)26-28(18)10-11-31-3)25-22(30)17-12-16(13-24-15(17)2)14-27-8-6-5-7-9-27/h12-13H,4-11,14H2,1-3H3,(H2,23,29)(H,25,30). The van der Waals surface area contributed by atoms with E-state index in [0.717, 1.165) is 30.9 Å². The third kappa shape index (κ3) is 5.48. The highest BCUT2D eigenvalue weighted by atomic mass is 16.5. The highest BCUT2D eigenvalue weighted by Gasteiger charge is 2.23. The van der Waals surface area contributed by atoms with Gasteiger partial charge in [0.2, 0.25) is 0 Å². The van der Waals surface area contributed by atoms with Crippen LogP contribution in [0.2, 0.25) is 0 Å². The quantitative estimate of drug-likeness (QED) is 0.632. The second kappa shape index (κ2) is 10.5. The molecule has 168 valence electrons. The van der Waals surface area contributed by atoms with E-state index in [4.69, 9.17) is 10.5 Å². The minimum Gasteiger partial charge on any atom is -0.383 e. The number of carbonyl (C=O) groups is 2. The number of rotatable bonds is 9. The van der Waals surface area contributed by atoms with Gasteiger partial charge in [-0.2, -0.15) is 5.10 Å². The fraction of sp³-hybridized carbons (Fsp3) is 0.545. The van der Waals surface area contributed by atoms with Gasteiger partial charge in [-0.1, -0.05) is 13.3 Å². The summed E-state index contributed by atoms with van der Waals surface area (Å²) in [7, 11) is 1.60. The first-order chi connectivity index (χ1) is 14.9. The molecule has 0 aromatic carbocycles. The average molecular weight is 429 g/mol. The van der Waals surface area contributed by atoms with Crippen molar-refractivity contribution in [1.29, 1.82) is 0 Å². The molecule has 9 nitrogen and oxygen atoms in total. The number of primary amides is 1. The summed E-state index contributed by atoms with van der Waals surface area (Å²) >= 11 is 0. The van der Waals surface area contributed by atoms with E-state index >= 15 is 0 Å². The number of amides is 2. The molecule has 1 saturated heterocycles. The van der Waals surface area contributed by atoms with Gasteiger partial charge in [0, 0.05) is 25.5 Å². The van der Waals surface area contributed by atoms with Crippen molar-refractivity contribution in [3.05, 3.63) is 40.5 Å². The summed E-state index contributed by atoms with van der Waals surface area (Å²) < 4.78 is 6.78. The number of likely N-dealkylation sites (tertiary alicyclic amines) is 1. The van der Waals surface area contributed by atoms with Gasteiger partial charge in [-0.05, 0) is 50.9 Å². The zero-order valence-electron chi connectivity index (χ0n) is 18.6. The van der Waals surface area contributed by atoms with Crippen molar-refractivity contribution in [2.75, 3.05) is 32.1 Å². The van der Waals surface area contributed by atoms with Gasteiger partial charge in [-0.15, -0.1) is 0 Å². The van der Waals surface area contributed by atoms with Crippen molar-refractivity contribution in [2.45, 2.75) is 52.6 Å². The van der Waals surface area contributed by atoms with E-state index in [0.29, 0.717) is 36.5 Å². The van der Waals surface area contributed by atoms with Gasteiger partial charge in [-0.3, -0.25) is 24.2 Å². The van der Waals surface area contributed by atoms with Gasteiger partial charge >= 0.3 is 0 Å². The number of carbonyl (C=O) groups excluding carboxylic acids is 2. The van der Waals surface area contributed by atoms with Crippen LogP contribution < -0.4 is 11.1 Å². The third-order valence-corrected chi connectivity index (χ3v) is 5.61. The van der Waals surface area contributed by atoms with Crippen LogP contribution in [0.15, 0.2) is 12.3 Å². The second-order valence-corrected chi connectivity index (χ2v) is 7.87. The number of hydrogen-bond acceptors (Lipinski definition) is 6. The van der Waals surface area contributed by atoms with Crippen LogP contribution in [0.3, 0.4) is 0 Å². The highest BCUT2D eigenvalue weighted by molar-refractivity contribution is 6.09. The van der Waals surface area contributed by atoms with E-state index in [1.54, 1.807) is 18.7 Å². The van der Waals surface area contributed by atoms with Crippen molar-refractivity contribution in [3.63, 3.8) is 0 Å². The Morgan fingerprint density at radius 1 is 1.26 bits per heavy atom. The Morgan fingerprint density at radius 2 is 2.00 bits per heavy atom. The molecular formula is C22H32N6O3. The predicted octanol–water partition coefficient (Wildman–Crippen LogP) is 2.13. The van der Waals surface area contributed by atoms with Crippen molar-refractivity contribution in [1.82, 2.24) is 19.7 Å². The molecule has 31 heavy (non-hydrogen) atoms. The van der Waals surface area contributed by atoms with Crippen LogP contribution in [0.4, 0.5) is 5.69 Å². The Hall–Kier alpha value is -2.78. The molecule has 3 rings (SSSR count). The number of pyridine rings is 1. The first kappa shape index (κ1) is 22.9. The van der Waals surface area contributed by atoms with Gasteiger partial charge in [0.25, 0.3) is 11.8 Å². The lowest BCUT2D eigenvalue weighted by Crippen LogP contribution is -2.29. The number of piperidine rings is 1. The maximum atomic E-state index is 13.2. The minimum absolute atomic E-state index is 0.0522. The Bertz CT molecular complexity index is 934. The number of ether oxygens (including phenoxy) is 1. The Morgan fingerprint density at radius 3 is 2.65 bits per heavy atom. The molecule has 2 aromatic heterocycles. The molecule has 0 unspecified atom stereocenters. The van der Waals surface area contributed by atoms with Crippen molar-refractivity contribution in [2.24, 2.45) is 5.73 Å². The molecule has 0 spiro atoms. The minimum atomic E-state index is -0.685. The van der Waals surface area contributed by atoms with Crippen LogP contribution >= 0.6 is 0 Å². The summed E-state index contributed by atoms with van der Waals surface area (Å²) in [6.45, 7) is 7.54. The fourth-order valence-electron chi connectivity index (χ4n) is 3.97. The summed E-state index contributed by atoms with van der Waals surface area (Å²) in [5.41, 5.74) is 8.79. The molecule has 9 heteroatoms. The molecular weight excluding hydrogens is 396 g/mol. The fourth-order valence-corrected chi connectivity index (χ4v) is 3.97.